The van der Waals surface area contributed by atoms with E-state index in [4.69, 9.17) is 28.8 Å². The van der Waals surface area contributed by atoms with Crippen molar-refractivity contribution < 1.29 is 4.79 Å². The number of nitrogens with two attached hydrogens (primary N) is 3. The van der Waals surface area contributed by atoms with E-state index < -0.39 is 0 Å². The van der Waals surface area contributed by atoms with Crippen LogP contribution < -0.4 is 22.5 Å². The van der Waals surface area contributed by atoms with Crippen LogP contribution in [0.25, 0.3) is 5.57 Å². The number of halogens is 1. The highest BCUT2D eigenvalue weighted by Crippen LogP contribution is 2.28. The van der Waals surface area contributed by atoms with E-state index in [1.165, 1.54) is 6.20 Å². The molecule has 0 saturated heterocycles. The summed E-state index contributed by atoms with van der Waals surface area (Å²) in [6, 6.07) is 5.20. The molecule has 0 aliphatic heterocycles. The summed E-state index contributed by atoms with van der Waals surface area (Å²) in [4.78, 5) is 15.5. The van der Waals surface area contributed by atoms with Gasteiger partial charge in [-0.1, -0.05) is 62.4 Å². The van der Waals surface area contributed by atoms with Crippen LogP contribution in [-0.2, 0) is 4.79 Å². The van der Waals surface area contributed by atoms with Gasteiger partial charge in [-0.3, -0.25) is 4.79 Å². The summed E-state index contributed by atoms with van der Waals surface area (Å²) in [5.41, 5.74) is 21.9. The Morgan fingerprint density at radius 3 is 2.53 bits per heavy atom. The number of nitrogen functional groups attached to an aromatic ring is 1. The summed E-state index contributed by atoms with van der Waals surface area (Å²) in [5, 5.41) is 3.18. The number of rotatable bonds is 14. The van der Waals surface area contributed by atoms with Crippen molar-refractivity contribution in [2.24, 2.45) is 17.4 Å². The van der Waals surface area contributed by atoms with Crippen LogP contribution in [0.1, 0.15) is 46.1 Å². The predicted octanol–water partition coefficient (Wildman–Crippen LogP) is 6.94. The van der Waals surface area contributed by atoms with Crippen molar-refractivity contribution >= 4 is 34.5 Å². The monoisotopic (exact) mass is 535 g/mol. The number of carbonyl (C=O) groups excluding carboxylic acids is 1. The van der Waals surface area contributed by atoms with Gasteiger partial charge in [0.25, 0.3) is 5.91 Å². The maximum absolute atomic E-state index is 13.7. The first-order valence-corrected chi connectivity index (χ1v) is 12.9. The molecule has 0 bridgehead atoms. The Kier molecular flexibility index (Phi) is 14.2. The van der Waals surface area contributed by atoms with Crippen LogP contribution in [0, 0.1) is 5.92 Å². The van der Waals surface area contributed by atoms with Crippen molar-refractivity contribution in [1.82, 2.24) is 4.90 Å². The minimum Gasteiger partial charge on any atom is -0.399 e. The second kappa shape index (κ2) is 16.8. The molecule has 0 saturated carbocycles. The Balaban J connectivity index is 3.54. The summed E-state index contributed by atoms with van der Waals surface area (Å²) >= 11 is 5.79. The lowest BCUT2D eigenvalue weighted by molar-refractivity contribution is -0.125. The number of benzene rings is 1. The molecule has 7 N–H and O–H groups in total. The van der Waals surface area contributed by atoms with Gasteiger partial charge in [0.15, 0.2) is 0 Å². The molecule has 1 amide bonds. The van der Waals surface area contributed by atoms with E-state index in [-0.39, 0.29) is 23.0 Å². The highest BCUT2D eigenvalue weighted by molar-refractivity contribution is 6.29. The third-order valence-electron chi connectivity index (χ3n) is 5.69. The lowest BCUT2D eigenvalue weighted by Gasteiger charge is -2.31. The van der Waals surface area contributed by atoms with Gasteiger partial charge >= 0.3 is 0 Å². The van der Waals surface area contributed by atoms with E-state index in [2.05, 4.69) is 31.5 Å². The fourth-order valence-corrected chi connectivity index (χ4v) is 3.88. The minimum absolute atomic E-state index is 0.0198. The lowest BCUT2D eigenvalue weighted by atomic mass is 9.93. The van der Waals surface area contributed by atoms with Crippen molar-refractivity contribution in [2.75, 3.05) is 11.1 Å². The second-order valence-corrected chi connectivity index (χ2v) is 9.25. The Morgan fingerprint density at radius 2 is 1.95 bits per heavy atom. The molecule has 2 unspecified atom stereocenters. The van der Waals surface area contributed by atoms with E-state index >= 15 is 0 Å². The lowest BCUT2D eigenvalue weighted by Crippen LogP contribution is -2.39. The van der Waals surface area contributed by atoms with Crippen LogP contribution in [0.4, 0.5) is 11.4 Å². The molecule has 0 fully saturated rings. The zero-order valence-electron chi connectivity index (χ0n) is 23.0. The zero-order chi connectivity index (χ0) is 28.7. The topological polar surface area (TPSA) is 110 Å². The molecule has 6 nitrogen and oxygen atoms in total. The van der Waals surface area contributed by atoms with Gasteiger partial charge in [0.05, 0.1) is 0 Å². The third kappa shape index (κ3) is 10.6. The molecule has 2 atom stereocenters. The van der Waals surface area contributed by atoms with Crippen molar-refractivity contribution in [3.05, 3.63) is 114 Å². The fraction of sp³-hybridized carbons (Fsp3) is 0.258. The Bertz CT molecular complexity index is 1150. The average Bonchev–Trinajstić information content (AvgIpc) is 2.87. The second-order valence-electron chi connectivity index (χ2n) is 8.81. The number of amides is 1. The molecule has 0 spiro atoms. The van der Waals surface area contributed by atoms with Gasteiger partial charge in [-0.2, -0.15) is 0 Å². The van der Waals surface area contributed by atoms with Crippen LogP contribution in [0.2, 0.25) is 0 Å². The molecular formula is C31H42ClN5O. The van der Waals surface area contributed by atoms with Gasteiger partial charge in [-0.15, -0.1) is 6.58 Å². The summed E-state index contributed by atoms with van der Waals surface area (Å²) in [5.74, 6) is -0.178. The van der Waals surface area contributed by atoms with Crippen molar-refractivity contribution in [3.63, 3.8) is 0 Å². The molecule has 0 heterocycles. The van der Waals surface area contributed by atoms with E-state index in [9.17, 15) is 4.79 Å². The van der Waals surface area contributed by atoms with Crippen molar-refractivity contribution in [2.45, 2.75) is 46.6 Å². The quantitative estimate of drug-likeness (QED) is 0.0677. The first-order chi connectivity index (χ1) is 18.1. The Hall–Kier alpha value is -3.90. The fourth-order valence-electron chi connectivity index (χ4n) is 3.83. The van der Waals surface area contributed by atoms with Crippen LogP contribution in [0.5, 0.6) is 0 Å². The minimum atomic E-state index is -0.178. The van der Waals surface area contributed by atoms with Gasteiger partial charge in [-0.05, 0) is 74.1 Å². The largest absolute Gasteiger partial charge is 0.399 e. The SMILES string of the molecule is C=CCC(C(C)/C=C(C=CC)/C=C(\N)C=C)N(/C=C\CC)C(=O)/C=C(\C)c1cc(N)ccc1N/C=C(\N)Cl. The van der Waals surface area contributed by atoms with Gasteiger partial charge in [0.1, 0.15) is 5.16 Å². The van der Waals surface area contributed by atoms with Crippen molar-refractivity contribution in [1.29, 1.82) is 0 Å². The maximum Gasteiger partial charge on any atom is 0.251 e. The molecular weight excluding hydrogens is 494 g/mol. The van der Waals surface area contributed by atoms with E-state index in [1.54, 1.807) is 29.2 Å². The maximum atomic E-state index is 13.7. The summed E-state index contributed by atoms with van der Waals surface area (Å²) in [6.45, 7) is 15.6. The number of nitrogens with one attached hydrogen (secondary N) is 1. The van der Waals surface area contributed by atoms with E-state index in [1.807, 2.05) is 63.4 Å². The standard InChI is InChI=1S/C31H42ClN5O/c1-7-11-16-37(29(13-9-3)23(6)17-24(12-8-2)19-25(33)10-4)31(38)18-22(5)27-20-26(34)14-15-28(27)36-21-30(32)35/h8-12,14-21,23,29,36H,3-4,7,13,33-35H2,1-2,5-6H3/b12-8?,16-11-,22-18+,24-17+,25-19-,30-21-. The number of hydrogen-bond donors (Lipinski definition) is 4. The van der Waals surface area contributed by atoms with Gasteiger partial charge in [-0.25, -0.2) is 0 Å². The number of nitrogens with zero attached hydrogens (tertiary/aromatic N) is 1. The predicted molar refractivity (Wildman–Crippen MR) is 166 cm³/mol. The Morgan fingerprint density at radius 1 is 1.24 bits per heavy atom. The molecule has 1 aromatic rings. The highest BCUT2D eigenvalue weighted by Gasteiger charge is 2.24. The van der Waals surface area contributed by atoms with Crippen LogP contribution in [-0.4, -0.2) is 16.8 Å². The average molecular weight is 536 g/mol. The molecule has 1 aromatic carbocycles. The van der Waals surface area contributed by atoms with E-state index in [0.29, 0.717) is 17.8 Å². The van der Waals surface area contributed by atoms with Crippen LogP contribution >= 0.6 is 11.6 Å². The highest BCUT2D eigenvalue weighted by atomic mass is 35.5. The number of hydrogen-bond acceptors (Lipinski definition) is 5. The van der Waals surface area contributed by atoms with Gasteiger partial charge < -0.3 is 27.4 Å². The van der Waals surface area contributed by atoms with Gasteiger partial charge in [0.2, 0.25) is 0 Å². The molecule has 0 aliphatic carbocycles. The smallest absolute Gasteiger partial charge is 0.251 e. The summed E-state index contributed by atoms with van der Waals surface area (Å²) in [6.07, 6.45) is 19.6. The molecule has 38 heavy (non-hydrogen) atoms. The van der Waals surface area contributed by atoms with Crippen LogP contribution in [0.3, 0.4) is 0 Å². The van der Waals surface area contributed by atoms with Gasteiger partial charge in [0, 0.05) is 47.2 Å². The zero-order valence-corrected chi connectivity index (χ0v) is 23.7. The summed E-state index contributed by atoms with van der Waals surface area (Å²) < 4.78 is 0. The number of carbonyl (C=O) groups is 1. The Labute approximate surface area is 233 Å². The molecule has 204 valence electrons. The summed E-state index contributed by atoms with van der Waals surface area (Å²) in [7, 11) is 0. The normalized spacial score (nSPS) is 15.0. The number of allylic oxidation sites excluding steroid dienone is 7. The molecule has 7 heteroatoms. The third-order valence-corrected chi connectivity index (χ3v) is 5.80. The van der Waals surface area contributed by atoms with Crippen molar-refractivity contribution in [3.8, 4) is 0 Å². The first kappa shape index (κ1) is 32.1. The molecule has 1 rings (SSSR count). The number of anilines is 2. The molecule has 0 radical (unpaired) electrons. The van der Waals surface area contributed by atoms with Crippen LogP contribution in [0.15, 0.2) is 109 Å². The molecule has 0 aromatic heterocycles. The molecule has 0 aliphatic rings. The van der Waals surface area contributed by atoms with E-state index in [0.717, 1.165) is 28.8 Å². The first-order valence-electron chi connectivity index (χ1n) is 12.6.